The molecule has 1 aliphatic heterocycles. The van der Waals surface area contributed by atoms with Crippen molar-refractivity contribution in [2.75, 3.05) is 11.6 Å². The van der Waals surface area contributed by atoms with Crippen LogP contribution in [0, 0.1) is 28.8 Å². The molecule has 21 heavy (non-hydrogen) atoms. The number of hydrogen-bond acceptors (Lipinski definition) is 4. The molecule has 1 aromatic carbocycles. The Balaban J connectivity index is 2.13. The number of aliphatic imine (C=N–C) groups is 1. The second kappa shape index (κ2) is 4.90. The third kappa shape index (κ3) is 2.10. The van der Waals surface area contributed by atoms with Crippen molar-refractivity contribution in [3.8, 4) is 6.07 Å². The molecule has 2 aromatic rings. The van der Waals surface area contributed by atoms with E-state index in [0.29, 0.717) is 16.9 Å². The van der Waals surface area contributed by atoms with E-state index in [1.165, 1.54) is 23.4 Å². The van der Waals surface area contributed by atoms with Gasteiger partial charge in [-0.05, 0) is 18.2 Å². The summed E-state index contributed by atoms with van der Waals surface area (Å²) in [5.74, 6) is -3.78. The Labute approximate surface area is 117 Å². The minimum Gasteiger partial charge on any atom is -0.303 e. The summed E-state index contributed by atoms with van der Waals surface area (Å²) in [5, 5.41) is 8.83. The minimum absolute atomic E-state index is 0.0217. The molecule has 0 unspecified atom stereocenters. The highest BCUT2D eigenvalue weighted by Crippen LogP contribution is 2.32. The summed E-state index contributed by atoms with van der Waals surface area (Å²) in [6.07, 6.45) is 2.82. The Morgan fingerprint density at radius 1 is 1.19 bits per heavy atom. The van der Waals surface area contributed by atoms with E-state index in [1.807, 2.05) is 6.07 Å². The Morgan fingerprint density at radius 2 is 2.00 bits per heavy atom. The van der Waals surface area contributed by atoms with Gasteiger partial charge in [0.15, 0.2) is 17.5 Å². The Hall–Kier alpha value is -2.88. The minimum atomic E-state index is -1.54. The molecule has 0 atom stereocenters. The molecular weight excluding hydrogens is 281 g/mol. The quantitative estimate of drug-likeness (QED) is 0.758. The number of nitriles is 1. The van der Waals surface area contributed by atoms with Gasteiger partial charge >= 0.3 is 0 Å². The van der Waals surface area contributed by atoms with E-state index in [2.05, 4.69) is 9.98 Å². The van der Waals surface area contributed by atoms with Crippen LogP contribution in [-0.2, 0) is 0 Å². The van der Waals surface area contributed by atoms with Gasteiger partial charge in [-0.25, -0.2) is 18.2 Å². The van der Waals surface area contributed by atoms with Gasteiger partial charge in [-0.2, -0.15) is 5.26 Å². The first-order valence-corrected chi connectivity index (χ1v) is 5.93. The fourth-order valence-electron chi connectivity index (χ4n) is 2.06. The van der Waals surface area contributed by atoms with E-state index in [-0.39, 0.29) is 12.4 Å². The van der Waals surface area contributed by atoms with Gasteiger partial charge < -0.3 is 4.90 Å². The zero-order valence-electron chi connectivity index (χ0n) is 10.5. The molecule has 0 spiro atoms. The van der Waals surface area contributed by atoms with Gasteiger partial charge in [0.1, 0.15) is 18.6 Å². The molecule has 0 aliphatic carbocycles. The third-order valence-electron chi connectivity index (χ3n) is 3.04. The van der Waals surface area contributed by atoms with Crippen molar-refractivity contribution in [1.29, 1.82) is 5.26 Å². The SMILES string of the molecule is N#Cc1cnc2c(c1)C=NCN2c1ccc(F)c(F)c1F. The van der Waals surface area contributed by atoms with Crippen LogP contribution in [-0.4, -0.2) is 17.9 Å². The lowest BCUT2D eigenvalue weighted by molar-refractivity contribution is 0.447. The molecular formula is C14H7F3N4. The van der Waals surface area contributed by atoms with E-state index in [9.17, 15) is 13.2 Å². The van der Waals surface area contributed by atoms with Gasteiger partial charge in [-0.3, -0.25) is 4.99 Å². The van der Waals surface area contributed by atoms with Crippen molar-refractivity contribution >= 4 is 17.7 Å². The molecule has 0 saturated carbocycles. The van der Waals surface area contributed by atoms with Crippen molar-refractivity contribution < 1.29 is 13.2 Å². The van der Waals surface area contributed by atoms with E-state index < -0.39 is 17.5 Å². The highest BCUT2D eigenvalue weighted by atomic mass is 19.2. The summed E-state index contributed by atoms with van der Waals surface area (Å²) in [5.41, 5.74) is 0.668. The lowest BCUT2D eigenvalue weighted by atomic mass is 10.1. The molecule has 0 N–H and O–H groups in total. The first-order valence-electron chi connectivity index (χ1n) is 5.93. The van der Waals surface area contributed by atoms with Gasteiger partial charge in [0.25, 0.3) is 0 Å². The van der Waals surface area contributed by atoms with E-state index >= 15 is 0 Å². The van der Waals surface area contributed by atoms with Crippen molar-refractivity contribution in [2.24, 2.45) is 4.99 Å². The number of nitrogens with zero attached hydrogens (tertiary/aromatic N) is 4. The predicted molar refractivity (Wildman–Crippen MR) is 69.9 cm³/mol. The van der Waals surface area contributed by atoms with Crippen LogP contribution in [0.1, 0.15) is 11.1 Å². The first kappa shape index (κ1) is 13.1. The van der Waals surface area contributed by atoms with Crippen LogP contribution in [0.5, 0.6) is 0 Å². The molecule has 0 bridgehead atoms. The fourth-order valence-corrected chi connectivity index (χ4v) is 2.06. The second-order valence-electron chi connectivity index (χ2n) is 4.32. The number of pyridine rings is 1. The highest BCUT2D eigenvalue weighted by molar-refractivity contribution is 5.90. The van der Waals surface area contributed by atoms with E-state index in [4.69, 9.17) is 5.26 Å². The summed E-state index contributed by atoms with van der Waals surface area (Å²) in [6, 6.07) is 5.44. The predicted octanol–water partition coefficient (Wildman–Crippen LogP) is 2.90. The van der Waals surface area contributed by atoms with Crippen molar-refractivity contribution in [2.45, 2.75) is 0 Å². The lowest BCUT2D eigenvalue weighted by Crippen LogP contribution is -2.24. The number of anilines is 2. The normalized spacial score (nSPS) is 13.0. The number of halogens is 3. The summed E-state index contributed by atoms with van der Waals surface area (Å²) in [4.78, 5) is 9.40. The largest absolute Gasteiger partial charge is 0.303 e. The molecule has 0 fully saturated rings. The van der Waals surface area contributed by atoms with E-state index in [0.717, 1.165) is 12.1 Å². The van der Waals surface area contributed by atoms with Crippen molar-refractivity contribution in [3.63, 3.8) is 0 Å². The van der Waals surface area contributed by atoms with Crippen LogP contribution in [0.15, 0.2) is 29.4 Å². The van der Waals surface area contributed by atoms with Crippen LogP contribution in [0.2, 0.25) is 0 Å². The maximum atomic E-state index is 13.9. The summed E-state index contributed by atoms with van der Waals surface area (Å²) in [7, 11) is 0. The number of hydrogen-bond donors (Lipinski definition) is 0. The maximum Gasteiger partial charge on any atom is 0.196 e. The average molecular weight is 288 g/mol. The summed E-state index contributed by atoms with van der Waals surface area (Å²) >= 11 is 0. The molecule has 2 heterocycles. The maximum absolute atomic E-state index is 13.9. The van der Waals surface area contributed by atoms with Crippen LogP contribution < -0.4 is 4.90 Å². The molecule has 7 heteroatoms. The van der Waals surface area contributed by atoms with Gasteiger partial charge in [-0.15, -0.1) is 0 Å². The lowest BCUT2D eigenvalue weighted by Gasteiger charge is -2.26. The topological polar surface area (TPSA) is 52.3 Å². The summed E-state index contributed by atoms with van der Waals surface area (Å²) < 4.78 is 40.3. The zero-order valence-corrected chi connectivity index (χ0v) is 10.5. The Morgan fingerprint density at radius 3 is 2.76 bits per heavy atom. The number of benzene rings is 1. The highest BCUT2D eigenvalue weighted by Gasteiger charge is 2.23. The summed E-state index contributed by atoms with van der Waals surface area (Å²) in [6.45, 7) is 0.0217. The van der Waals surface area contributed by atoms with Crippen LogP contribution in [0.3, 0.4) is 0 Å². The van der Waals surface area contributed by atoms with Crippen LogP contribution in [0.4, 0.5) is 24.7 Å². The molecule has 1 aliphatic rings. The Bertz CT molecular complexity index is 796. The van der Waals surface area contributed by atoms with Gasteiger partial charge in [0, 0.05) is 18.0 Å². The van der Waals surface area contributed by atoms with Crippen LogP contribution in [0.25, 0.3) is 0 Å². The molecule has 3 rings (SSSR count). The molecule has 4 nitrogen and oxygen atoms in total. The molecule has 104 valence electrons. The molecule has 0 radical (unpaired) electrons. The van der Waals surface area contributed by atoms with Gasteiger partial charge in [0.05, 0.1) is 11.3 Å². The van der Waals surface area contributed by atoms with E-state index in [1.54, 1.807) is 0 Å². The molecule has 0 amide bonds. The number of aromatic nitrogens is 1. The zero-order chi connectivity index (χ0) is 15.0. The fraction of sp³-hybridized carbons (Fsp3) is 0.0714. The Kier molecular flexibility index (Phi) is 3.06. The average Bonchev–Trinajstić information content (AvgIpc) is 2.52. The van der Waals surface area contributed by atoms with Crippen molar-refractivity contribution in [1.82, 2.24) is 4.98 Å². The standard InChI is InChI=1S/C14H7F3N4/c15-10-1-2-11(13(17)12(10)16)21-7-19-6-9-3-8(4-18)5-20-14(9)21/h1-3,5-6H,7H2. The molecule has 0 saturated heterocycles. The van der Waals surface area contributed by atoms with Crippen LogP contribution >= 0.6 is 0 Å². The number of rotatable bonds is 1. The molecule has 1 aromatic heterocycles. The smallest absolute Gasteiger partial charge is 0.196 e. The first-order chi connectivity index (χ1) is 10.1. The monoisotopic (exact) mass is 288 g/mol. The third-order valence-corrected chi connectivity index (χ3v) is 3.04. The van der Waals surface area contributed by atoms with Gasteiger partial charge in [-0.1, -0.05) is 0 Å². The van der Waals surface area contributed by atoms with Crippen molar-refractivity contribution in [3.05, 3.63) is 53.0 Å². The number of fused-ring (bicyclic) bond motifs is 1. The second-order valence-corrected chi connectivity index (χ2v) is 4.32. The van der Waals surface area contributed by atoms with Gasteiger partial charge in [0.2, 0.25) is 0 Å².